The van der Waals surface area contributed by atoms with Crippen molar-refractivity contribution in [1.29, 1.82) is 0 Å². The van der Waals surface area contributed by atoms with Gasteiger partial charge in [0.05, 0.1) is 5.70 Å². The lowest BCUT2D eigenvalue weighted by atomic mass is 10.1. The second-order valence-electron chi connectivity index (χ2n) is 5.78. The molecule has 0 amide bonds. The lowest BCUT2D eigenvalue weighted by molar-refractivity contribution is 0.305. The van der Waals surface area contributed by atoms with Gasteiger partial charge < -0.3 is 10.1 Å². The monoisotopic (exact) mass is 388 g/mol. The highest BCUT2D eigenvalue weighted by Gasteiger charge is 2.10. The van der Waals surface area contributed by atoms with E-state index in [0.29, 0.717) is 11.6 Å². The minimum Gasteiger partial charge on any atom is -0.488 e. The Morgan fingerprint density at radius 2 is 2.08 bits per heavy atom. The van der Waals surface area contributed by atoms with Crippen LogP contribution in [0.1, 0.15) is 30.5 Å². The smallest absolute Gasteiger partial charge is 0.122 e. The Labute approximate surface area is 165 Å². The fourth-order valence-corrected chi connectivity index (χ4v) is 3.72. The molecule has 0 aliphatic rings. The highest BCUT2D eigenvalue weighted by Crippen LogP contribution is 2.31. The topological polar surface area (TPSA) is 33.6 Å². The number of ether oxygens (including phenoxy) is 1. The molecule has 0 fully saturated rings. The maximum absolute atomic E-state index is 6.32. The third kappa shape index (κ3) is 4.83. The van der Waals surface area contributed by atoms with E-state index in [4.69, 9.17) is 16.3 Å². The van der Waals surface area contributed by atoms with Crippen LogP contribution in [0.4, 0.5) is 5.69 Å². The second-order valence-corrected chi connectivity index (χ2v) is 7.67. The summed E-state index contributed by atoms with van der Waals surface area (Å²) in [6.07, 6.45) is 0. The molecule has 1 N–H and O–H groups in total. The molecule has 2 aromatic carbocycles. The van der Waals surface area contributed by atoms with Crippen LogP contribution in [0.5, 0.6) is 5.75 Å². The summed E-state index contributed by atoms with van der Waals surface area (Å²) in [5.74, 6) is 1.84. The normalized spacial score (nSPS) is 11.7. The summed E-state index contributed by atoms with van der Waals surface area (Å²) in [5.41, 5.74) is 4.95. The minimum absolute atomic E-state index is 0.406. The van der Waals surface area contributed by atoms with Crippen LogP contribution in [0.2, 0.25) is 5.02 Å². The first-order valence-electron chi connectivity index (χ1n) is 8.51. The number of halogens is 1. The van der Waals surface area contributed by atoms with E-state index in [1.165, 1.54) is 4.91 Å². The molecule has 0 bridgehead atoms. The molecule has 0 saturated carbocycles. The summed E-state index contributed by atoms with van der Waals surface area (Å²) in [5, 5.41) is 3.85. The minimum atomic E-state index is 0.406. The van der Waals surface area contributed by atoms with Gasteiger partial charge in [0.2, 0.25) is 0 Å². The van der Waals surface area contributed by atoms with Crippen LogP contribution >= 0.6 is 23.4 Å². The molecule has 0 aliphatic carbocycles. The summed E-state index contributed by atoms with van der Waals surface area (Å²) in [4.78, 5) is 5.39. The van der Waals surface area contributed by atoms with Crippen molar-refractivity contribution in [2.75, 3.05) is 18.1 Å². The molecular weight excluding hydrogens is 364 g/mol. The van der Waals surface area contributed by atoms with Gasteiger partial charge in [0.1, 0.15) is 12.4 Å². The van der Waals surface area contributed by atoms with E-state index in [-0.39, 0.29) is 0 Å². The quantitative estimate of drug-likeness (QED) is 0.530. The van der Waals surface area contributed by atoms with E-state index in [1.807, 2.05) is 44.3 Å². The predicted octanol–water partition coefficient (Wildman–Crippen LogP) is 6.41. The van der Waals surface area contributed by atoms with E-state index in [0.717, 1.165) is 39.6 Å². The first-order chi connectivity index (χ1) is 12.5. The van der Waals surface area contributed by atoms with Crippen molar-refractivity contribution in [2.45, 2.75) is 27.4 Å². The molecule has 0 aliphatic heterocycles. The largest absolute Gasteiger partial charge is 0.488 e. The van der Waals surface area contributed by atoms with Crippen molar-refractivity contribution in [3.63, 3.8) is 0 Å². The van der Waals surface area contributed by atoms with Gasteiger partial charge in [-0.2, -0.15) is 0 Å². The van der Waals surface area contributed by atoms with Crippen LogP contribution < -0.4 is 10.1 Å². The maximum atomic E-state index is 6.32. The summed E-state index contributed by atoms with van der Waals surface area (Å²) in [6.45, 7) is 10.4. The summed E-state index contributed by atoms with van der Waals surface area (Å²) in [7, 11) is 1.88. The molecular formula is C21H25ClN2OS. The van der Waals surface area contributed by atoms with E-state index in [2.05, 4.69) is 36.9 Å². The van der Waals surface area contributed by atoms with Crippen molar-refractivity contribution in [1.82, 2.24) is 0 Å². The average molecular weight is 389 g/mol. The van der Waals surface area contributed by atoms with E-state index >= 15 is 0 Å². The molecule has 138 valence electrons. The number of thioether (sulfide) groups is 1. The van der Waals surface area contributed by atoms with Crippen molar-refractivity contribution < 1.29 is 4.74 Å². The summed E-state index contributed by atoms with van der Waals surface area (Å²) < 4.78 is 6.03. The lowest BCUT2D eigenvalue weighted by Gasteiger charge is -2.15. The molecule has 26 heavy (non-hydrogen) atoms. The number of nitrogens with one attached hydrogen (secondary N) is 1. The summed E-state index contributed by atoms with van der Waals surface area (Å²) >= 11 is 8.09. The molecule has 0 saturated heterocycles. The summed E-state index contributed by atoms with van der Waals surface area (Å²) in [6, 6.07) is 11.9. The van der Waals surface area contributed by atoms with Gasteiger partial charge >= 0.3 is 0 Å². The number of nitrogens with zero attached hydrogens (tertiary/aromatic N) is 1. The Morgan fingerprint density at radius 1 is 1.31 bits per heavy atom. The SMILES string of the molecule is C=N/C(=C(/C)SCC)c1ccc(OCc2c(Cl)cccc2NC)c(C)c1. The predicted molar refractivity (Wildman–Crippen MR) is 117 cm³/mol. The van der Waals surface area contributed by atoms with Gasteiger partial charge in [-0.3, -0.25) is 4.99 Å². The maximum Gasteiger partial charge on any atom is 0.122 e. The number of aliphatic imine (C=N–C) groups is 1. The Balaban J connectivity index is 2.23. The average Bonchev–Trinajstić information content (AvgIpc) is 2.62. The van der Waals surface area contributed by atoms with Crippen LogP contribution in [0.15, 0.2) is 46.3 Å². The third-order valence-electron chi connectivity index (χ3n) is 4.06. The Morgan fingerprint density at radius 3 is 2.69 bits per heavy atom. The molecule has 2 rings (SSSR count). The van der Waals surface area contributed by atoms with Crippen molar-refractivity contribution in [3.05, 3.63) is 63.0 Å². The Bertz CT molecular complexity index is 818. The van der Waals surface area contributed by atoms with Gasteiger partial charge in [-0.25, -0.2) is 0 Å². The number of hydrogen-bond acceptors (Lipinski definition) is 4. The van der Waals surface area contributed by atoms with E-state index < -0.39 is 0 Å². The van der Waals surface area contributed by atoms with Crippen LogP contribution in [0, 0.1) is 6.92 Å². The van der Waals surface area contributed by atoms with Crippen LogP contribution in [0.25, 0.3) is 5.70 Å². The molecule has 0 spiro atoms. The third-order valence-corrected chi connectivity index (χ3v) is 5.33. The number of anilines is 1. The zero-order valence-corrected chi connectivity index (χ0v) is 17.3. The Kier molecular flexibility index (Phi) is 7.61. The van der Waals surface area contributed by atoms with Gasteiger partial charge in [-0.05, 0) is 62.2 Å². The highest BCUT2D eigenvalue weighted by atomic mass is 35.5. The van der Waals surface area contributed by atoms with E-state index in [1.54, 1.807) is 11.8 Å². The van der Waals surface area contributed by atoms with Gasteiger partial charge in [0, 0.05) is 33.8 Å². The zero-order chi connectivity index (χ0) is 19.1. The molecule has 0 heterocycles. The molecule has 0 radical (unpaired) electrons. The van der Waals surface area contributed by atoms with Crippen LogP contribution in [-0.4, -0.2) is 19.5 Å². The highest BCUT2D eigenvalue weighted by molar-refractivity contribution is 8.03. The molecule has 0 aromatic heterocycles. The van der Waals surface area contributed by atoms with Gasteiger partial charge in [-0.1, -0.05) is 24.6 Å². The molecule has 5 heteroatoms. The van der Waals surface area contributed by atoms with Gasteiger partial charge in [-0.15, -0.1) is 11.8 Å². The van der Waals surface area contributed by atoms with E-state index in [9.17, 15) is 0 Å². The number of hydrogen-bond donors (Lipinski definition) is 1. The van der Waals surface area contributed by atoms with Crippen LogP contribution in [-0.2, 0) is 6.61 Å². The molecule has 3 nitrogen and oxygen atoms in total. The lowest BCUT2D eigenvalue weighted by Crippen LogP contribution is -2.02. The molecule has 2 aromatic rings. The molecule has 0 unspecified atom stereocenters. The standard InChI is InChI=1S/C21H25ClN2OS/c1-6-26-15(3)21(24-5)16-10-11-20(14(2)12-16)25-13-17-18(22)8-7-9-19(17)23-4/h7-12,23H,5-6,13H2,1-4H3/b21-15-. The van der Waals surface area contributed by atoms with Gasteiger partial charge in [0.25, 0.3) is 0 Å². The molecule has 0 atom stereocenters. The fraction of sp³-hybridized carbons (Fsp3) is 0.286. The second kappa shape index (κ2) is 9.70. The fourth-order valence-electron chi connectivity index (χ4n) is 2.74. The van der Waals surface area contributed by atoms with Crippen molar-refractivity contribution >= 4 is 41.5 Å². The Hall–Kier alpha value is -1.91. The number of allylic oxidation sites excluding steroid dienone is 1. The number of aryl methyl sites for hydroxylation is 1. The zero-order valence-electron chi connectivity index (χ0n) is 15.7. The van der Waals surface area contributed by atoms with Crippen LogP contribution in [0.3, 0.4) is 0 Å². The van der Waals surface area contributed by atoms with Gasteiger partial charge in [0.15, 0.2) is 0 Å². The number of benzene rings is 2. The number of rotatable bonds is 8. The van der Waals surface area contributed by atoms with Crippen molar-refractivity contribution in [2.24, 2.45) is 4.99 Å². The van der Waals surface area contributed by atoms with Crippen molar-refractivity contribution in [3.8, 4) is 5.75 Å². The first-order valence-corrected chi connectivity index (χ1v) is 9.87. The first kappa shape index (κ1) is 20.4.